The van der Waals surface area contributed by atoms with Gasteiger partial charge in [-0.1, -0.05) is 64.8 Å². The van der Waals surface area contributed by atoms with Gasteiger partial charge in [-0.2, -0.15) is 0 Å². The number of hydrogen-bond donors (Lipinski definition) is 0. The van der Waals surface area contributed by atoms with Crippen LogP contribution in [0.4, 0.5) is 17.1 Å². The number of rotatable bonds is 11. The zero-order valence-corrected chi connectivity index (χ0v) is 41.3. The maximum Gasteiger partial charge on any atom is 0.292 e. The molecule has 4 aromatic carbocycles. The van der Waals surface area contributed by atoms with Gasteiger partial charge in [0.25, 0.3) is 11.4 Å². The number of hydrogen-bond acceptors (Lipinski definition) is 9. The van der Waals surface area contributed by atoms with Gasteiger partial charge in [-0.05, 0) is 121 Å². The summed E-state index contributed by atoms with van der Waals surface area (Å²) in [5.41, 5.74) is 15.7. The average Bonchev–Trinajstić information content (AvgIpc) is 4.08. The zero-order chi connectivity index (χ0) is 52.6. The molecule has 1 aromatic heterocycles. The molecule has 0 saturated heterocycles. The molecule has 72 heavy (non-hydrogen) atoms. The third-order valence-electron chi connectivity index (χ3n) is 11.6. The molecule has 7 rings (SSSR count). The Morgan fingerprint density at radius 1 is 0.667 bits per heavy atom. The van der Waals surface area contributed by atoms with E-state index in [2.05, 4.69) is 120 Å². The summed E-state index contributed by atoms with van der Waals surface area (Å²) in [5, 5.41) is 30.5. The molecule has 16 heteroatoms. The zero-order valence-electron chi connectivity index (χ0n) is 41.3. The molecule has 2 aliphatic heterocycles. The van der Waals surface area contributed by atoms with Crippen molar-refractivity contribution in [1.29, 1.82) is 10.5 Å². The van der Waals surface area contributed by atoms with Crippen molar-refractivity contribution in [1.82, 2.24) is 15.0 Å². The molecule has 0 radical (unpaired) electrons. The number of anilines is 2. The van der Waals surface area contributed by atoms with Crippen molar-refractivity contribution in [2.75, 3.05) is 36.0 Å². The van der Waals surface area contributed by atoms with Crippen LogP contribution < -0.4 is 9.80 Å². The molecule has 2 aliphatic rings. The lowest BCUT2D eigenvalue weighted by molar-refractivity contribution is 0.108. The summed E-state index contributed by atoms with van der Waals surface area (Å²) in [6.45, 7) is 49.1. The number of nitriles is 2. The number of ether oxygens (including phenoxy) is 2. The summed E-state index contributed by atoms with van der Waals surface area (Å²) in [6.07, 6.45) is 7.16. The lowest BCUT2D eigenvalue weighted by atomic mass is 9.91. The average molecular weight is 951 g/mol. The molecule has 0 N–H and O–H groups in total. The van der Waals surface area contributed by atoms with Gasteiger partial charge >= 0.3 is 0 Å². The van der Waals surface area contributed by atoms with Gasteiger partial charge in [0.1, 0.15) is 28.4 Å². The first-order chi connectivity index (χ1) is 34.7. The van der Waals surface area contributed by atoms with Crippen LogP contribution in [0.5, 0.6) is 0 Å². The van der Waals surface area contributed by atoms with Gasteiger partial charge < -0.3 is 19.3 Å². The first-order valence-electron chi connectivity index (χ1n) is 22.7. The minimum atomic E-state index is -0.860. The minimum absolute atomic E-state index is 0.0108. The van der Waals surface area contributed by atoms with Crippen LogP contribution in [0.3, 0.4) is 0 Å². The summed E-state index contributed by atoms with van der Waals surface area (Å²) in [4.78, 5) is 20.7. The Labute approximate surface area is 421 Å². The second-order valence-electron chi connectivity index (χ2n) is 16.6. The van der Waals surface area contributed by atoms with Gasteiger partial charge in [0, 0.05) is 70.4 Å². The SMILES string of the molecule is C#Cc1ccc(N(CC)CC)cc1.[C-]#[N+]C1=C(c2ccc(-n3cc(-c4ccc(N(CC)CC)cc4)nn3)cc2)C(C)(C)O/C1=C(\C#N)[N+]#[C-].[C-]#[N+]C1=C(c2ccc(N=[N+]=[N-])cc2)C(C)(C)O/C1=C(\C#N)[N+]#[C-]. The normalized spacial score (nSPS) is 14.9. The van der Waals surface area contributed by atoms with Gasteiger partial charge in [0.2, 0.25) is 11.4 Å². The lowest BCUT2D eigenvalue weighted by Crippen LogP contribution is -2.21. The van der Waals surface area contributed by atoms with Gasteiger partial charge in [0.15, 0.2) is 0 Å². The van der Waals surface area contributed by atoms with Crippen molar-refractivity contribution >= 4 is 28.2 Å². The molecule has 356 valence electrons. The molecule has 3 heterocycles. The topological polar surface area (TPSA) is 169 Å². The predicted octanol–water partition coefficient (Wildman–Crippen LogP) is 13.1. The van der Waals surface area contributed by atoms with Gasteiger partial charge in [-0.15, -0.1) is 11.5 Å². The van der Waals surface area contributed by atoms with Crippen molar-refractivity contribution in [2.45, 2.75) is 66.6 Å². The molecule has 0 spiro atoms. The molecular formula is C56H50N14O2. The van der Waals surface area contributed by atoms with Crippen LogP contribution in [0.25, 0.3) is 57.9 Å². The fourth-order valence-corrected chi connectivity index (χ4v) is 8.10. The van der Waals surface area contributed by atoms with Crippen molar-refractivity contribution in [3.8, 4) is 41.4 Å². The highest BCUT2D eigenvalue weighted by Crippen LogP contribution is 2.47. The third kappa shape index (κ3) is 11.6. The Bertz CT molecular complexity index is 3260. The van der Waals surface area contributed by atoms with Crippen LogP contribution in [-0.2, 0) is 9.47 Å². The van der Waals surface area contributed by atoms with E-state index in [1.165, 1.54) is 11.4 Å². The quantitative estimate of drug-likeness (QED) is 0.0314. The summed E-state index contributed by atoms with van der Waals surface area (Å²) in [7, 11) is 0. The molecule has 5 aromatic rings. The standard InChI is InChI=1S/C28H25N7O.C16H10N6O.C12H15N/c1-7-34(8-2)21-13-9-19(10-14-21)24-18-35(33-32-24)22-15-11-20(12-16-22)25-26(31-6)27(23(17-29)30-5)36-28(25,3)4;1-16(2)13(10-5-7-11(8-6-10)21-22-18)14(20-4)15(23-16)12(9-17)19-3;1-4-11-7-9-12(10-8-11)13(5-2)6-3/h9-16,18H,7-8H2,1-4H3;5-8H,1-2H3;1,7-10H,5-6H2,2-3H3/b27-23+;15-12+;. The number of nitrogens with zero attached hydrogens (tertiary/aromatic N) is 14. The van der Waals surface area contributed by atoms with Crippen molar-refractivity contribution in [2.24, 2.45) is 5.11 Å². The fraction of sp³-hybridized carbons (Fsp3) is 0.250. The summed E-state index contributed by atoms with van der Waals surface area (Å²) in [5.74, 6) is 2.66. The number of benzene rings is 4. The third-order valence-corrected chi connectivity index (χ3v) is 11.6. The second-order valence-corrected chi connectivity index (χ2v) is 16.6. The lowest BCUT2D eigenvalue weighted by Gasteiger charge is -2.24. The molecule has 0 unspecified atom stereocenters. The number of azide groups is 1. The highest BCUT2D eigenvalue weighted by Gasteiger charge is 2.41. The van der Waals surface area contributed by atoms with E-state index in [0.717, 1.165) is 54.3 Å². The number of aromatic nitrogens is 3. The van der Waals surface area contributed by atoms with E-state index in [9.17, 15) is 5.26 Å². The van der Waals surface area contributed by atoms with E-state index in [0.29, 0.717) is 22.4 Å². The van der Waals surface area contributed by atoms with E-state index in [1.54, 1.807) is 48.9 Å². The first kappa shape index (κ1) is 53.0. The van der Waals surface area contributed by atoms with Crippen molar-refractivity contribution < 1.29 is 9.47 Å². The predicted molar refractivity (Wildman–Crippen MR) is 279 cm³/mol. The second kappa shape index (κ2) is 23.8. The molecular weight excluding hydrogens is 901 g/mol. The number of allylic oxidation sites excluding steroid dienone is 2. The summed E-state index contributed by atoms with van der Waals surface area (Å²) in [6, 6.07) is 34.2. The molecule has 0 bridgehead atoms. The van der Waals surface area contributed by atoms with E-state index in [-0.39, 0.29) is 34.3 Å². The van der Waals surface area contributed by atoms with Crippen molar-refractivity contribution in [3.05, 3.63) is 210 Å². The van der Waals surface area contributed by atoms with Crippen molar-refractivity contribution in [3.63, 3.8) is 0 Å². The summed E-state index contributed by atoms with van der Waals surface area (Å²) >= 11 is 0. The van der Waals surface area contributed by atoms with Gasteiger partial charge in [0.05, 0.1) is 50.3 Å². The van der Waals surface area contributed by atoms with Crippen LogP contribution in [-0.4, -0.2) is 52.4 Å². The maximum atomic E-state index is 9.29. The number of terminal acetylenes is 1. The molecule has 0 saturated carbocycles. The van der Waals surface area contributed by atoms with E-state index >= 15 is 0 Å². The van der Waals surface area contributed by atoms with E-state index < -0.39 is 11.2 Å². The maximum absolute atomic E-state index is 9.29. The Hall–Kier alpha value is -10.0. The Morgan fingerprint density at radius 3 is 1.46 bits per heavy atom. The van der Waals surface area contributed by atoms with Crippen LogP contribution in [0, 0.1) is 61.3 Å². The molecule has 0 fully saturated rings. The highest BCUT2D eigenvalue weighted by molar-refractivity contribution is 5.83. The highest BCUT2D eigenvalue weighted by atomic mass is 16.5. The smallest absolute Gasteiger partial charge is 0.292 e. The minimum Gasteiger partial charge on any atom is -0.505 e. The monoisotopic (exact) mass is 950 g/mol. The Morgan fingerprint density at radius 2 is 1.08 bits per heavy atom. The fourth-order valence-electron chi connectivity index (χ4n) is 8.10. The molecule has 0 amide bonds. The van der Waals surface area contributed by atoms with Crippen LogP contribution in [0.1, 0.15) is 72.1 Å². The first-order valence-corrected chi connectivity index (χ1v) is 22.7. The van der Waals surface area contributed by atoms with Crippen LogP contribution >= 0.6 is 0 Å². The van der Waals surface area contributed by atoms with E-state index in [4.69, 9.17) is 53.0 Å². The van der Waals surface area contributed by atoms with Gasteiger partial charge in [-0.3, -0.25) is 0 Å². The molecule has 16 nitrogen and oxygen atoms in total. The Balaban J connectivity index is 0.000000227. The van der Waals surface area contributed by atoms with Crippen LogP contribution in [0.2, 0.25) is 0 Å². The molecule has 0 aliphatic carbocycles. The summed E-state index contributed by atoms with van der Waals surface area (Å²) < 4.78 is 13.3. The Kier molecular flexibility index (Phi) is 17.5. The largest absolute Gasteiger partial charge is 0.505 e. The molecule has 0 atom stereocenters. The van der Waals surface area contributed by atoms with Gasteiger partial charge in [-0.25, -0.2) is 34.6 Å². The van der Waals surface area contributed by atoms with E-state index in [1.807, 2.05) is 62.5 Å². The van der Waals surface area contributed by atoms with Crippen LogP contribution in [0.15, 0.2) is 143 Å².